The fraction of sp³-hybridized carbons (Fsp3) is 0.652. The van der Waals surface area contributed by atoms with Gasteiger partial charge in [0.05, 0.1) is 23.0 Å². The molecule has 1 atom stereocenters. The van der Waals surface area contributed by atoms with Crippen LogP contribution < -0.4 is 10.6 Å². The van der Waals surface area contributed by atoms with Crippen molar-refractivity contribution in [1.82, 2.24) is 34.4 Å². The second-order valence-corrected chi connectivity index (χ2v) is 9.45. The number of nitrogens with zero attached hydrogens (tertiary/aromatic N) is 7. The normalized spacial score (nSPS) is 20.0. The number of likely N-dealkylation sites (tertiary alicyclic amines) is 1. The van der Waals surface area contributed by atoms with Crippen molar-refractivity contribution >= 4 is 23.4 Å². The Morgan fingerprint density at radius 3 is 2.74 bits per heavy atom. The van der Waals surface area contributed by atoms with Crippen molar-refractivity contribution in [2.45, 2.75) is 38.7 Å². The fourth-order valence-electron chi connectivity index (χ4n) is 4.48. The summed E-state index contributed by atoms with van der Waals surface area (Å²) < 4.78 is 29.1. The minimum atomic E-state index is -2.70. The number of carbonyl (C=O) groups excluding carboxylic acids is 1. The minimum absolute atomic E-state index is 0.0990. The first kappa shape index (κ1) is 25.2. The van der Waals surface area contributed by atoms with Gasteiger partial charge >= 0.3 is 0 Å². The van der Waals surface area contributed by atoms with Crippen LogP contribution >= 0.6 is 0 Å². The molecule has 2 aliphatic rings. The zero-order valence-corrected chi connectivity index (χ0v) is 20.7. The maximum absolute atomic E-state index is 13.6. The Morgan fingerprint density at radius 2 is 2.00 bits per heavy atom. The van der Waals surface area contributed by atoms with E-state index in [2.05, 4.69) is 42.5 Å². The van der Waals surface area contributed by atoms with Crippen molar-refractivity contribution in [3.8, 4) is 0 Å². The van der Waals surface area contributed by atoms with Crippen molar-refractivity contribution in [3.05, 3.63) is 23.7 Å². The molecule has 2 N–H and O–H groups in total. The molecule has 4 rings (SSSR count). The Kier molecular flexibility index (Phi) is 8.11. The lowest BCUT2D eigenvalue weighted by molar-refractivity contribution is -0.130. The summed E-state index contributed by atoms with van der Waals surface area (Å²) in [6.45, 7) is 7.14. The van der Waals surface area contributed by atoms with E-state index < -0.39 is 6.43 Å². The minimum Gasteiger partial charge on any atom is -0.369 e. The molecule has 2 aliphatic heterocycles. The van der Waals surface area contributed by atoms with Gasteiger partial charge < -0.3 is 25.3 Å². The summed E-state index contributed by atoms with van der Waals surface area (Å²) in [6, 6.07) is 0.310. The smallest absolute Gasteiger partial charge is 0.268 e. The van der Waals surface area contributed by atoms with E-state index in [1.807, 2.05) is 29.7 Å². The maximum Gasteiger partial charge on any atom is 0.268 e. The molecule has 2 aromatic heterocycles. The van der Waals surface area contributed by atoms with Gasteiger partial charge in [0.1, 0.15) is 5.82 Å². The molecule has 0 aromatic carbocycles. The van der Waals surface area contributed by atoms with E-state index >= 15 is 0 Å². The lowest BCUT2D eigenvalue weighted by atomic mass is 10.3. The van der Waals surface area contributed by atoms with Crippen molar-refractivity contribution in [2.24, 2.45) is 0 Å². The Hall–Kier alpha value is -2.86. The molecule has 1 amide bonds. The molecule has 0 saturated carbocycles. The zero-order valence-electron chi connectivity index (χ0n) is 20.7. The highest BCUT2D eigenvalue weighted by Gasteiger charge is 2.23. The monoisotopic (exact) mass is 491 g/mol. The van der Waals surface area contributed by atoms with Crippen molar-refractivity contribution < 1.29 is 13.6 Å². The summed E-state index contributed by atoms with van der Waals surface area (Å²) in [5.74, 6) is 0.465. The number of hydrogen-bond donors (Lipinski definition) is 2. The molecule has 12 heteroatoms. The second-order valence-electron chi connectivity index (χ2n) is 9.45. The van der Waals surface area contributed by atoms with E-state index in [-0.39, 0.29) is 23.2 Å². The van der Waals surface area contributed by atoms with E-state index in [0.717, 1.165) is 50.2 Å². The third-order valence-corrected chi connectivity index (χ3v) is 6.66. The summed E-state index contributed by atoms with van der Waals surface area (Å²) in [5.41, 5.74) is 1.30. The first-order chi connectivity index (χ1) is 16.8. The third-order valence-electron chi connectivity index (χ3n) is 6.66. The number of hydrogen-bond acceptors (Lipinski definition) is 8. The molecule has 2 saturated heterocycles. The number of amides is 1. The number of alkyl halides is 2. The molecule has 192 valence electrons. The highest BCUT2D eigenvalue weighted by molar-refractivity contribution is 5.76. The lowest BCUT2D eigenvalue weighted by Gasteiger charge is -2.21. The van der Waals surface area contributed by atoms with Gasteiger partial charge in [-0.3, -0.25) is 9.48 Å². The Labute approximate surface area is 204 Å². The van der Waals surface area contributed by atoms with Crippen LogP contribution in [-0.4, -0.2) is 100 Å². The van der Waals surface area contributed by atoms with Gasteiger partial charge in [-0.15, -0.1) is 0 Å². The van der Waals surface area contributed by atoms with E-state index in [0.29, 0.717) is 38.5 Å². The zero-order chi connectivity index (χ0) is 24.9. The summed E-state index contributed by atoms with van der Waals surface area (Å²) in [6.07, 6.45) is 2.55. The molecular formula is C23H35F2N9O. The fourth-order valence-corrected chi connectivity index (χ4v) is 4.48. The number of anilines is 3. The topological polar surface area (TPSA) is 94.5 Å². The van der Waals surface area contributed by atoms with Crippen LogP contribution in [0.5, 0.6) is 0 Å². The number of nitrogens with one attached hydrogen (secondary N) is 2. The molecule has 1 unspecified atom stereocenters. The van der Waals surface area contributed by atoms with Crippen LogP contribution in [0.4, 0.5) is 26.2 Å². The van der Waals surface area contributed by atoms with Gasteiger partial charge in [0, 0.05) is 58.1 Å². The molecule has 0 radical (unpaired) electrons. The predicted octanol–water partition coefficient (Wildman–Crippen LogP) is 2.51. The van der Waals surface area contributed by atoms with Gasteiger partial charge in [-0.2, -0.15) is 10.1 Å². The van der Waals surface area contributed by atoms with E-state index in [4.69, 9.17) is 0 Å². The van der Waals surface area contributed by atoms with Crippen LogP contribution in [0.25, 0.3) is 0 Å². The van der Waals surface area contributed by atoms with Gasteiger partial charge in [-0.25, -0.2) is 13.8 Å². The summed E-state index contributed by atoms with van der Waals surface area (Å²) in [5, 5.41) is 10.8. The summed E-state index contributed by atoms with van der Waals surface area (Å²) >= 11 is 0. The molecule has 10 nitrogen and oxygen atoms in total. The number of carbonyl (C=O) groups is 1. The van der Waals surface area contributed by atoms with Crippen LogP contribution in [0.2, 0.25) is 0 Å². The predicted molar refractivity (Wildman–Crippen MR) is 130 cm³/mol. The standard InChI is InChI=1S/C23H35F2N9O/c1-16-19(15-34(30-16)17-5-9-32(3)14-17)28-23-27-13-18(21(24)25)22(29-23)26-7-4-8-33-12-11-31(2)10-6-20(33)35/h13,15,17,21H,4-12,14H2,1-3H3,(H2,26,27,28,29). The second kappa shape index (κ2) is 11.3. The van der Waals surface area contributed by atoms with Gasteiger partial charge in [0.15, 0.2) is 0 Å². The largest absolute Gasteiger partial charge is 0.369 e. The molecule has 4 heterocycles. The highest BCUT2D eigenvalue weighted by atomic mass is 19.3. The number of aryl methyl sites for hydroxylation is 1. The van der Waals surface area contributed by atoms with E-state index in [1.165, 1.54) is 0 Å². The Bertz CT molecular complexity index is 1010. The van der Waals surface area contributed by atoms with Crippen molar-refractivity contribution in [1.29, 1.82) is 0 Å². The van der Waals surface area contributed by atoms with Gasteiger partial charge in [-0.1, -0.05) is 0 Å². The Balaban J connectivity index is 1.38. The number of halogens is 2. The van der Waals surface area contributed by atoms with Gasteiger partial charge in [0.25, 0.3) is 6.43 Å². The summed E-state index contributed by atoms with van der Waals surface area (Å²) in [7, 11) is 4.09. The maximum atomic E-state index is 13.6. The first-order valence-corrected chi connectivity index (χ1v) is 12.2. The van der Waals surface area contributed by atoms with Crippen LogP contribution in [0.1, 0.15) is 43.0 Å². The SMILES string of the molecule is Cc1nn(C2CCN(C)C2)cc1Nc1ncc(C(F)F)c(NCCCN2CCN(C)CCC2=O)n1. The molecule has 0 bridgehead atoms. The molecule has 0 spiro atoms. The van der Waals surface area contributed by atoms with Crippen LogP contribution in [0.15, 0.2) is 12.4 Å². The van der Waals surface area contributed by atoms with Gasteiger partial charge in [-0.05, 0) is 40.4 Å². The summed E-state index contributed by atoms with van der Waals surface area (Å²) in [4.78, 5) is 26.9. The third kappa shape index (κ3) is 6.43. The quantitative estimate of drug-likeness (QED) is 0.517. The number of rotatable bonds is 9. The molecule has 2 fully saturated rings. The molecule has 2 aromatic rings. The Morgan fingerprint density at radius 1 is 1.17 bits per heavy atom. The molecular weight excluding hydrogens is 456 g/mol. The highest BCUT2D eigenvalue weighted by Crippen LogP contribution is 2.28. The average Bonchev–Trinajstić information content (AvgIpc) is 3.37. The van der Waals surface area contributed by atoms with Crippen LogP contribution in [-0.2, 0) is 4.79 Å². The first-order valence-electron chi connectivity index (χ1n) is 12.2. The van der Waals surface area contributed by atoms with Crippen molar-refractivity contribution in [3.63, 3.8) is 0 Å². The lowest BCUT2D eigenvalue weighted by Crippen LogP contribution is -2.34. The average molecular weight is 492 g/mol. The van der Waals surface area contributed by atoms with Crippen LogP contribution in [0.3, 0.4) is 0 Å². The molecule has 35 heavy (non-hydrogen) atoms. The van der Waals surface area contributed by atoms with Gasteiger partial charge in [0.2, 0.25) is 11.9 Å². The van der Waals surface area contributed by atoms with Crippen molar-refractivity contribution in [2.75, 3.05) is 70.5 Å². The number of likely N-dealkylation sites (N-methyl/N-ethyl adjacent to an activating group) is 2. The number of aromatic nitrogens is 4. The van der Waals surface area contributed by atoms with E-state index in [1.54, 1.807) is 0 Å². The van der Waals surface area contributed by atoms with Crippen LogP contribution in [0, 0.1) is 6.92 Å². The molecule has 0 aliphatic carbocycles. The van der Waals surface area contributed by atoms with E-state index in [9.17, 15) is 13.6 Å².